The summed E-state index contributed by atoms with van der Waals surface area (Å²) in [6.07, 6.45) is 5.43. The molecule has 4 heteroatoms. The number of thiazole rings is 1. The number of nitrogens with zero attached hydrogens (tertiary/aromatic N) is 1. The molecule has 1 aromatic rings. The van der Waals surface area contributed by atoms with Crippen molar-refractivity contribution < 1.29 is 0 Å². The van der Waals surface area contributed by atoms with Crippen LogP contribution in [0.25, 0.3) is 0 Å². The van der Waals surface area contributed by atoms with Crippen LogP contribution in [0.1, 0.15) is 31.7 Å². The van der Waals surface area contributed by atoms with E-state index >= 15 is 0 Å². The van der Waals surface area contributed by atoms with Crippen molar-refractivity contribution in [2.75, 3.05) is 19.6 Å². The summed E-state index contributed by atoms with van der Waals surface area (Å²) in [5.74, 6) is 0. The summed E-state index contributed by atoms with van der Waals surface area (Å²) in [5, 5.41) is 10.1. The maximum atomic E-state index is 4.25. The molecule has 2 N–H and O–H groups in total. The Morgan fingerprint density at radius 1 is 1.25 bits per heavy atom. The van der Waals surface area contributed by atoms with Crippen LogP contribution in [-0.2, 0) is 6.42 Å². The molecule has 0 saturated heterocycles. The fraction of sp³-hybridized carbons (Fsp3) is 0.750. The van der Waals surface area contributed by atoms with Gasteiger partial charge in [0.05, 0.1) is 5.01 Å². The topological polar surface area (TPSA) is 37.0 Å². The van der Waals surface area contributed by atoms with Gasteiger partial charge < -0.3 is 10.6 Å². The van der Waals surface area contributed by atoms with Gasteiger partial charge in [-0.1, -0.05) is 13.8 Å². The van der Waals surface area contributed by atoms with Gasteiger partial charge in [-0.25, -0.2) is 4.98 Å². The van der Waals surface area contributed by atoms with Crippen LogP contribution in [0.15, 0.2) is 11.6 Å². The average Bonchev–Trinajstić information content (AvgIpc) is 2.74. The van der Waals surface area contributed by atoms with Crippen molar-refractivity contribution in [3.8, 4) is 0 Å². The van der Waals surface area contributed by atoms with Gasteiger partial charge in [-0.05, 0) is 25.9 Å². The molecule has 0 aliphatic heterocycles. The van der Waals surface area contributed by atoms with E-state index in [1.807, 2.05) is 11.6 Å². The molecular weight excluding hydrogens is 218 g/mol. The summed E-state index contributed by atoms with van der Waals surface area (Å²) >= 11 is 1.74. The zero-order valence-electron chi connectivity index (χ0n) is 10.3. The minimum absolute atomic E-state index is 0.609. The first kappa shape index (κ1) is 13.6. The van der Waals surface area contributed by atoms with E-state index in [-0.39, 0.29) is 0 Å². The second-order valence-electron chi connectivity index (χ2n) is 4.24. The molecule has 1 heterocycles. The number of hydrogen-bond donors (Lipinski definition) is 2. The van der Waals surface area contributed by atoms with E-state index < -0.39 is 0 Å². The molecule has 0 fully saturated rings. The Hall–Kier alpha value is -0.450. The number of aromatic nitrogens is 1. The summed E-state index contributed by atoms with van der Waals surface area (Å²) in [6, 6.07) is 0.609. The van der Waals surface area contributed by atoms with Crippen molar-refractivity contribution in [3.63, 3.8) is 0 Å². The highest BCUT2D eigenvalue weighted by atomic mass is 32.1. The van der Waals surface area contributed by atoms with Gasteiger partial charge in [-0.3, -0.25) is 0 Å². The lowest BCUT2D eigenvalue weighted by Gasteiger charge is -2.07. The first-order valence-electron chi connectivity index (χ1n) is 6.11. The third kappa shape index (κ3) is 6.93. The van der Waals surface area contributed by atoms with Crippen LogP contribution in [0, 0.1) is 0 Å². The fourth-order valence-electron chi connectivity index (χ4n) is 1.46. The maximum Gasteiger partial charge on any atom is 0.0937 e. The lowest BCUT2D eigenvalue weighted by molar-refractivity contribution is 0.542. The molecular formula is C12H23N3S. The molecule has 0 bridgehead atoms. The summed E-state index contributed by atoms with van der Waals surface area (Å²) < 4.78 is 0. The molecule has 0 unspecified atom stereocenters. The minimum atomic E-state index is 0.609. The minimum Gasteiger partial charge on any atom is -0.316 e. The molecule has 0 saturated carbocycles. The summed E-state index contributed by atoms with van der Waals surface area (Å²) in [5.41, 5.74) is 0. The Morgan fingerprint density at radius 2 is 2.06 bits per heavy atom. The molecule has 16 heavy (non-hydrogen) atoms. The molecule has 3 nitrogen and oxygen atoms in total. The Balaban J connectivity index is 1.82. The third-order valence-corrected chi connectivity index (χ3v) is 3.17. The van der Waals surface area contributed by atoms with E-state index in [1.165, 1.54) is 17.8 Å². The summed E-state index contributed by atoms with van der Waals surface area (Å²) in [7, 11) is 0. The van der Waals surface area contributed by atoms with E-state index in [0.29, 0.717) is 6.04 Å². The second-order valence-corrected chi connectivity index (χ2v) is 5.22. The monoisotopic (exact) mass is 241 g/mol. The van der Waals surface area contributed by atoms with Crippen LogP contribution >= 0.6 is 11.3 Å². The molecule has 0 radical (unpaired) electrons. The van der Waals surface area contributed by atoms with Crippen LogP contribution in [0.5, 0.6) is 0 Å². The molecule has 0 aromatic carbocycles. The van der Waals surface area contributed by atoms with E-state index in [9.17, 15) is 0 Å². The van der Waals surface area contributed by atoms with E-state index in [2.05, 4.69) is 29.5 Å². The van der Waals surface area contributed by atoms with Crippen LogP contribution < -0.4 is 10.6 Å². The predicted octanol–water partition coefficient (Wildman–Crippen LogP) is 2.05. The summed E-state index contributed by atoms with van der Waals surface area (Å²) in [4.78, 5) is 4.25. The smallest absolute Gasteiger partial charge is 0.0937 e. The van der Waals surface area contributed by atoms with Crippen molar-refractivity contribution in [1.82, 2.24) is 15.6 Å². The van der Waals surface area contributed by atoms with E-state index in [4.69, 9.17) is 0 Å². The third-order valence-electron chi connectivity index (χ3n) is 2.33. The Bertz CT molecular complexity index is 247. The van der Waals surface area contributed by atoms with Gasteiger partial charge in [0.2, 0.25) is 0 Å². The fourth-order valence-corrected chi connectivity index (χ4v) is 2.08. The van der Waals surface area contributed by atoms with Crippen molar-refractivity contribution in [2.24, 2.45) is 0 Å². The van der Waals surface area contributed by atoms with Gasteiger partial charge in [0.25, 0.3) is 0 Å². The molecule has 1 aromatic heterocycles. The van der Waals surface area contributed by atoms with Gasteiger partial charge in [-0.15, -0.1) is 11.3 Å². The first-order valence-corrected chi connectivity index (χ1v) is 6.99. The summed E-state index contributed by atoms with van der Waals surface area (Å²) in [6.45, 7) is 7.67. The van der Waals surface area contributed by atoms with Crippen molar-refractivity contribution in [3.05, 3.63) is 16.6 Å². The van der Waals surface area contributed by atoms with E-state index in [1.54, 1.807) is 11.3 Å². The second kappa shape index (κ2) is 8.67. The van der Waals surface area contributed by atoms with Gasteiger partial charge in [0, 0.05) is 30.6 Å². The SMILES string of the molecule is CC(C)NCCCCNCCc1nccs1. The van der Waals surface area contributed by atoms with Crippen LogP contribution in [0.3, 0.4) is 0 Å². The van der Waals surface area contributed by atoms with Crippen LogP contribution in [0.2, 0.25) is 0 Å². The van der Waals surface area contributed by atoms with Crippen LogP contribution in [0.4, 0.5) is 0 Å². The lowest BCUT2D eigenvalue weighted by Crippen LogP contribution is -2.25. The number of rotatable bonds is 9. The predicted molar refractivity (Wildman–Crippen MR) is 71.1 cm³/mol. The van der Waals surface area contributed by atoms with Gasteiger partial charge in [0.1, 0.15) is 0 Å². The van der Waals surface area contributed by atoms with Crippen molar-refractivity contribution in [1.29, 1.82) is 0 Å². The molecule has 0 aliphatic carbocycles. The molecule has 0 atom stereocenters. The largest absolute Gasteiger partial charge is 0.316 e. The Labute approximate surface area is 103 Å². The standard InChI is InChI=1S/C12H23N3S/c1-11(2)14-7-4-3-6-13-8-5-12-15-9-10-16-12/h9-11,13-14H,3-8H2,1-2H3. The maximum absolute atomic E-state index is 4.25. The zero-order chi connectivity index (χ0) is 11.6. The average molecular weight is 241 g/mol. The van der Waals surface area contributed by atoms with E-state index in [0.717, 1.165) is 26.1 Å². The lowest BCUT2D eigenvalue weighted by atomic mass is 10.3. The highest BCUT2D eigenvalue weighted by Gasteiger charge is 1.95. The quantitative estimate of drug-likeness (QED) is 0.650. The first-order chi connectivity index (χ1) is 7.79. The molecule has 0 spiro atoms. The number of hydrogen-bond acceptors (Lipinski definition) is 4. The van der Waals surface area contributed by atoms with Crippen molar-refractivity contribution in [2.45, 2.75) is 39.2 Å². The Morgan fingerprint density at radius 3 is 2.75 bits per heavy atom. The molecule has 0 aliphatic rings. The van der Waals surface area contributed by atoms with Gasteiger partial charge in [-0.2, -0.15) is 0 Å². The Kier molecular flexibility index (Phi) is 7.38. The molecule has 92 valence electrons. The number of nitrogens with one attached hydrogen (secondary N) is 2. The van der Waals surface area contributed by atoms with Crippen LogP contribution in [-0.4, -0.2) is 30.7 Å². The highest BCUT2D eigenvalue weighted by Crippen LogP contribution is 2.03. The number of unbranched alkanes of at least 4 members (excludes halogenated alkanes) is 1. The molecule has 1 rings (SSSR count). The highest BCUT2D eigenvalue weighted by molar-refractivity contribution is 7.09. The van der Waals surface area contributed by atoms with Gasteiger partial charge >= 0.3 is 0 Å². The van der Waals surface area contributed by atoms with Crippen molar-refractivity contribution >= 4 is 11.3 Å². The normalized spacial score (nSPS) is 11.2. The van der Waals surface area contributed by atoms with Gasteiger partial charge in [0.15, 0.2) is 0 Å². The molecule has 0 amide bonds. The zero-order valence-corrected chi connectivity index (χ0v) is 11.1.